The van der Waals surface area contributed by atoms with Crippen molar-refractivity contribution in [2.45, 2.75) is 63.5 Å². The van der Waals surface area contributed by atoms with Crippen molar-refractivity contribution in [2.24, 2.45) is 0 Å². The minimum atomic E-state index is -0.0606. The molecular weight excluding hydrogens is 388 g/mol. The summed E-state index contributed by atoms with van der Waals surface area (Å²) in [6.45, 7) is 1.34. The number of nitrogens with zero attached hydrogens (tertiary/aromatic N) is 2. The van der Waals surface area contributed by atoms with E-state index in [4.69, 9.17) is 4.42 Å². The number of nitrogens with one attached hydrogen (secondary N) is 2. The van der Waals surface area contributed by atoms with Crippen LogP contribution >= 0.6 is 11.3 Å². The third kappa shape index (κ3) is 5.38. The number of furan rings is 1. The molecule has 2 aromatic heterocycles. The van der Waals surface area contributed by atoms with Crippen LogP contribution in [-0.4, -0.2) is 47.0 Å². The molecule has 0 atom stereocenters. The van der Waals surface area contributed by atoms with Crippen LogP contribution in [0.3, 0.4) is 0 Å². The van der Waals surface area contributed by atoms with E-state index in [0.29, 0.717) is 25.6 Å². The molecule has 1 saturated heterocycles. The molecule has 1 aliphatic heterocycles. The number of likely N-dealkylation sites (tertiary alicyclic amines) is 1. The second-order valence-electron chi connectivity index (χ2n) is 7.91. The van der Waals surface area contributed by atoms with Gasteiger partial charge in [0.05, 0.1) is 18.4 Å². The lowest BCUT2D eigenvalue weighted by Gasteiger charge is -2.33. The summed E-state index contributed by atoms with van der Waals surface area (Å²) in [4.78, 5) is 31.2. The van der Waals surface area contributed by atoms with Crippen LogP contribution in [0.25, 0.3) is 10.8 Å². The molecule has 0 bridgehead atoms. The maximum atomic E-state index is 12.6. The minimum Gasteiger partial charge on any atom is -0.462 e. The van der Waals surface area contributed by atoms with Gasteiger partial charge in [-0.25, -0.2) is 9.78 Å². The molecule has 8 heteroatoms. The molecule has 0 unspecified atom stereocenters. The Balaban J connectivity index is 1.20. The molecular formula is C21H28N4O3S. The van der Waals surface area contributed by atoms with Gasteiger partial charge in [0.15, 0.2) is 10.8 Å². The van der Waals surface area contributed by atoms with E-state index in [1.807, 2.05) is 22.4 Å². The zero-order chi connectivity index (χ0) is 20.1. The van der Waals surface area contributed by atoms with Crippen molar-refractivity contribution in [2.75, 3.05) is 13.1 Å². The smallest absolute Gasteiger partial charge is 0.315 e. The summed E-state index contributed by atoms with van der Waals surface area (Å²) in [5, 5.41) is 8.90. The highest BCUT2D eigenvalue weighted by Gasteiger charge is 2.25. The van der Waals surface area contributed by atoms with Gasteiger partial charge >= 0.3 is 6.03 Å². The van der Waals surface area contributed by atoms with Gasteiger partial charge in [0, 0.05) is 30.6 Å². The Morgan fingerprint density at radius 1 is 1.10 bits per heavy atom. The first-order chi connectivity index (χ1) is 14.2. The number of carbonyl (C=O) groups excluding carboxylic acids is 2. The summed E-state index contributed by atoms with van der Waals surface area (Å²) >= 11 is 1.49. The van der Waals surface area contributed by atoms with Gasteiger partial charge in [-0.2, -0.15) is 0 Å². The summed E-state index contributed by atoms with van der Waals surface area (Å²) in [6, 6.07) is 4.08. The summed E-state index contributed by atoms with van der Waals surface area (Å²) in [7, 11) is 0. The Morgan fingerprint density at radius 3 is 2.52 bits per heavy atom. The SMILES string of the molecule is O=C(NC1CCCCC1)NC1CCN(C(=O)Cc2csc(-c3ccco3)n2)CC1. The average Bonchev–Trinajstić information content (AvgIpc) is 3.41. The number of piperidine rings is 1. The van der Waals surface area contributed by atoms with Gasteiger partial charge < -0.3 is 20.0 Å². The Morgan fingerprint density at radius 2 is 1.83 bits per heavy atom. The number of hydrogen-bond acceptors (Lipinski definition) is 5. The molecule has 1 saturated carbocycles. The van der Waals surface area contributed by atoms with E-state index in [0.717, 1.165) is 42.1 Å². The number of hydrogen-bond donors (Lipinski definition) is 2. The van der Waals surface area contributed by atoms with Crippen molar-refractivity contribution in [1.82, 2.24) is 20.5 Å². The van der Waals surface area contributed by atoms with E-state index in [-0.39, 0.29) is 18.0 Å². The average molecular weight is 417 g/mol. The van der Waals surface area contributed by atoms with Gasteiger partial charge in [0.2, 0.25) is 5.91 Å². The molecule has 3 heterocycles. The molecule has 2 aliphatic rings. The molecule has 0 aromatic carbocycles. The second-order valence-corrected chi connectivity index (χ2v) is 8.76. The van der Waals surface area contributed by atoms with Gasteiger partial charge in [0.1, 0.15) is 0 Å². The third-order valence-corrected chi connectivity index (χ3v) is 6.64. The maximum absolute atomic E-state index is 12.6. The molecule has 0 spiro atoms. The van der Waals surface area contributed by atoms with Crippen LogP contribution in [0.15, 0.2) is 28.2 Å². The van der Waals surface area contributed by atoms with E-state index >= 15 is 0 Å². The molecule has 1 aliphatic carbocycles. The van der Waals surface area contributed by atoms with Crippen molar-refractivity contribution in [3.63, 3.8) is 0 Å². The monoisotopic (exact) mass is 416 g/mol. The highest BCUT2D eigenvalue weighted by molar-refractivity contribution is 7.13. The largest absolute Gasteiger partial charge is 0.462 e. The molecule has 3 amide bonds. The van der Waals surface area contributed by atoms with Crippen LogP contribution in [0.4, 0.5) is 4.79 Å². The predicted octanol–water partition coefficient (Wildman–Crippen LogP) is 3.57. The van der Waals surface area contributed by atoms with Crippen molar-refractivity contribution in [1.29, 1.82) is 0 Å². The van der Waals surface area contributed by atoms with Crippen LogP contribution in [0.5, 0.6) is 0 Å². The number of carbonyl (C=O) groups is 2. The summed E-state index contributed by atoms with van der Waals surface area (Å²) in [5.41, 5.74) is 0.776. The molecule has 4 rings (SSSR count). The second kappa shape index (κ2) is 9.43. The predicted molar refractivity (Wildman–Crippen MR) is 112 cm³/mol. The molecule has 2 N–H and O–H groups in total. The highest BCUT2D eigenvalue weighted by atomic mass is 32.1. The van der Waals surface area contributed by atoms with Crippen LogP contribution in [0, 0.1) is 0 Å². The Hall–Kier alpha value is -2.35. The molecule has 2 fully saturated rings. The molecule has 2 aromatic rings. The summed E-state index contributed by atoms with van der Waals surface area (Å²) in [5.74, 6) is 0.818. The number of aromatic nitrogens is 1. The lowest BCUT2D eigenvalue weighted by molar-refractivity contribution is -0.131. The molecule has 0 radical (unpaired) electrons. The van der Waals surface area contributed by atoms with E-state index < -0.39 is 0 Å². The molecule has 156 valence electrons. The first-order valence-electron chi connectivity index (χ1n) is 10.5. The normalized spacial score (nSPS) is 18.6. The fourth-order valence-electron chi connectivity index (χ4n) is 4.10. The Bertz CT molecular complexity index is 806. The van der Waals surface area contributed by atoms with Gasteiger partial charge in [-0.15, -0.1) is 11.3 Å². The Kier molecular flexibility index (Phi) is 6.49. The van der Waals surface area contributed by atoms with E-state index in [9.17, 15) is 9.59 Å². The van der Waals surface area contributed by atoms with Crippen molar-refractivity contribution in [3.05, 3.63) is 29.5 Å². The van der Waals surface area contributed by atoms with Crippen molar-refractivity contribution >= 4 is 23.3 Å². The van der Waals surface area contributed by atoms with Gasteiger partial charge in [0.25, 0.3) is 0 Å². The van der Waals surface area contributed by atoms with Gasteiger partial charge in [-0.1, -0.05) is 19.3 Å². The van der Waals surface area contributed by atoms with Crippen molar-refractivity contribution in [3.8, 4) is 10.8 Å². The third-order valence-electron chi connectivity index (χ3n) is 5.74. The maximum Gasteiger partial charge on any atom is 0.315 e. The first-order valence-corrected chi connectivity index (χ1v) is 11.4. The van der Waals surface area contributed by atoms with Crippen LogP contribution in [-0.2, 0) is 11.2 Å². The van der Waals surface area contributed by atoms with Crippen LogP contribution in [0.2, 0.25) is 0 Å². The Labute approximate surface area is 174 Å². The number of rotatable bonds is 5. The standard InChI is InChI=1S/C21H28N4O3S/c26-19(13-17-14-29-20(22-17)18-7-4-12-28-18)25-10-8-16(9-11-25)24-21(27)23-15-5-2-1-3-6-15/h4,7,12,14-16H,1-3,5-6,8-11,13H2,(H2,23,24,27). The van der Waals surface area contributed by atoms with E-state index in [1.165, 1.54) is 30.6 Å². The fraction of sp³-hybridized carbons (Fsp3) is 0.571. The minimum absolute atomic E-state index is 0.0606. The summed E-state index contributed by atoms with van der Waals surface area (Å²) < 4.78 is 5.36. The summed E-state index contributed by atoms with van der Waals surface area (Å²) in [6.07, 6.45) is 9.35. The van der Waals surface area contributed by atoms with Gasteiger partial charge in [-0.05, 0) is 37.8 Å². The number of urea groups is 1. The lowest BCUT2D eigenvalue weighted by Crippen LogP contribution is -2.51. The quantitative estimate of drug-likeness (QED) is 0.780. The van der Waals surface area contributed by atoms with E-state index in [1.54, 1.807) is 6.26 Å². The topological polar surface area (TPSA) is 87.5 Å². The number of amides is 3. The van der Waals surface area contributed by atoms with E-state index in [2.05, 4.69) is 15.6 Å². The molecule has 7 nitrogen and oxygen atoms in total. The van der Waals surface area contributed by atoms with Crippen molar-refractivity contribution < 1.29 is 14.0 Å². The fourth-order valence-corrected chi connectivity index (χ4v) is 4.89. The lowest BCUT2D eigenvalue weighted by atomic mass is 9.96. The zero-order valence-electron chi connectivity index (χ0n) is 16.6. The van der Waals surface area contributed by atoms with Gasteiger partial charge in [-0.3, -0.25) is 4.79 Å². The number of thiazole rings is 1. The van der Waals surface area contributed by atoms with Crippen LogP contribution in [0.1, 0.15) is 50.6 Å². The van der Waals surface area contributed by atoms with Crippen LogP contribution < -0.4 is 10.6 Å². The zero-order valence-corrected chi connectivity index (χ0v) is 17.4. The first kappa shape index (κ1) is 19.9. The molecule has 29 heavy (non-hydrogen) atoms. The highest BCUT2D eigenvalue weighted by Crippen LogP contribution is 2.24.